The van der Waals surface area contributed by atoms with Crippen molar-refractivity contribution in [1.82, 2.24) is 4.31 Å². The minimum Gasteiger partial charge on any atom is -0.493 e. The van der Waals surface area contributed by atoms with Crippen molar-refractivity contribution in [3.05, 3.63) is 47.0 Å². The van der Waals surface area contributed by atoms with E-state index in [2.05, 4.69) is 5.32 Å². The van der Waals surface area contributed by atoms with Gasteiger partial charge in [-0.15, -0.1) is 0 Å². The quantitative estimate of drug-likeness (QED) is 0.579. The van der Waals surface area contributed by atoms with Crippen LogP contribution in [0.2, 0.25) is 5.02 Å². The van der Waals surface area contributed by atoms with Crippen LogP contribution in [0.1, 0.15) is 30.1 Å². The van der Waals surface area contributed by atoms with Crippen LogP contribution < -0.4 is 20.5 Å². The summed E-state index contributed by atoms with van der Waals surface area (Å²) in [6.45, 7) is 2.65. The zero-order valence-electron chi connectivity index (χ0n) is 18.3. The summed E-state index contributed by atoms with van der Waals surface area (Å²) in [6.07, 6.45) is 1.86. The van der Waals surface area contributed by atoms with Crippen molar-refractivity contribution < 1.29 is 27.5 Å². The molecular formula is C22H26ClN3O6S. The Hall–Kier alpha value is -2.82. The van der Waals surface area contributed by atoms with Crippen LogP contribution in [0.5, 0.6) is 11.5 Å². The Morgan fingerprint density at radius 3 is 2.55 bits per heavy atom. The first-order chi connectivity index (χ1) is 15.6. The number of anilines is 1. The van der Waals surface area contributed by atoms with E-state index in [1.165, 1.54) is 47.8 Å². The maximum absolute atomic E-state index is 12.9. The molecule has 2 aromatic carbocycles. The predicted octanol–water partition coefficient (Wildman–Crippen LogP) is 2.89. The average Bonchev–Trinajstić information content (AvgIpc) is 2.78. The molecule has 1 aliphatic heterocycles. The van der Waals surface area contributed by atoms with Crippen molar-refractivity contribution >= 4 is 39.1 Å². The predicted molar refractivity (Wildman–Crippen MR) is 124 cm³/mol. The molecule has 1 fully saturated rings. The van der Waals surface area contributed by atoms with Crippen LogP contribution in [-0.2, 0) is 14.8 Å². The first-order valence-corrected chi connectivity index (χ1v) is 12.1. The molecule has 33 heavy (non-hydrogen) atoms. The summed E-state index contributed by atoms with van der Waals surface area (Å²) in [5, 5.41) is 2.76. The number of piperidine rings is 1. The Morgan fingerprint density at radius 1 is 1.24 bits per heavy atom. The van der Waals surface area contributed by atoms with Gasteiger partial charge in [-0.1, -0.05) is 18.5 Å². The summed E-state index contributed by atoms with van der Waals surface area (Å²) in [4.78, 5) is 23.8. The highest BCUT2D eigenvalue weighted by molar-refractivity contribution is 7.89. The molecule has 2 aromatic rings. The van der Waals surface area contributed by atoms with Gasteiger partial charge < -0.3 is 20.5 Å². The molecule has 3 rings (SSSR count). The van der Waals surface area contributed by atoms with E-state index in [-0.39, 0.29) is 27.0 Å². The number of nitrogens with two attached hydrogens (primary N) is 1. The number of carbonyl (C=O) groups is 2. The smallest absolute Gasteiger partial charge is 0.255 e. The monoisotopic (exact) mass is 495 g/mol. The van der Waals surface area contributed by atoms with Crippen molar-refractivity contribution in [3.63, 3.8) is 0 Å². The molecule has 1 heterocycles. The number of sulfonamides is 1. The average molecular weight is 496 g/mol. The number of hydrogen-bond acceptors (Lipinski definition) is 6. The second kappa shape index (κ2) is 10.4. The molecule has 11 heteroatoms. The van der Waals surface area contributed by atoms with E-state index in [4.69, 9.17) is 26.8 Å². The van der Waals surface area contributed by atoms with Gasteiger partial charge in [-0.05, 0) is 55.2 Å². The number of benzene rings is 2. The van der Waals surface area contributed by atoms with Gasteiger partial charge in [-0.2, -0.15) is 4.31 Å². The highest BCUT2D eigenvalue weighted by Gasteiger charge is 2.28. The Bertz CT molecular complexity index is 1140. The first kappa shape index (κ1) is 24.8. The van der Waals surface area contributed by atoms with Crippen LogP contribution in [0, 0.1) is 5.92 Å². The molecule has 178 valence electrons. The van der Waals surface area contributed by atoms with Crippen LogP contribution in [0.15, 0.2) is 41.3 Å². The fourth-order valence-corrected chi connectivity index (χ4v) is 5.43. The number of methoxy groups -OCH3 is 1. The van der Waals surface area contributed by atoms with Gasteiger partial charge in [0.2, 0.25) is 10.0 Å². The minimum absolute atomic E-state index is 0.0675. The molecule has 0 radical (unpaired) electrons. The molecular weight excluding hydrogens is 470 g/mol. The molecule has 1 saturated heterocycles. The molecule has 0 spiro atoms. The van der Waals surface area contributed by atoms with E-state index in [1.54, 1.807) is 0 Å². The van der Waals surface area contributed by atoms with E-state index in [9.17, 15) is 18.0 Å². The van der Waals surface area contributed by atoms with Crippen LogP contribution >= 0.6 is 11.6 Å². The summed E-state index contributed by atoms with van der Waals surface area (Å²) in [6, 6.07) is 8.78. The van der Waals surface area contributed by atoms with E-state index < -0.39 is 28.4 Å². The molecule has 1 aliphatic rings. The van der Waals surface area contributed by atoms with Crippen molar-refractivity contribution in [2.75, 3.05) is 32.1 Å². The fourth-order valence-electron chi connectivity index (χ4n) is 3.56. The zero-order chi connectivity index (χ0) is 24.2. The highest BCUT2D eigenvalue weighted by Crippen LogP contribution is 2.36. The zero-order valence-corrected chi connectivity index (χ0v) is 19.9. The lowest BCUT2D eigenvalue weighted by Crippen LogP contribution is -2.39. The van der Waals surface area contributed by atoms with Crippen molar-refractivity contribution in [2.45, 2.75) is 24.7 Å². The lowest BCUT2D eigenvalue weighted by atomic mass is 10.0. The van der Waals surface area contributed by atoms with Crippen molar-refractivity contribution in [2.24, 2.45) is 11.7 Å². The number of rotatable bonds is 8. The number of primary amides is 1. The molecule has 0 bridgehead atoms. The van der Waals surface area contributed by atoms with E-state index >= 15 is 0 Å². The number of ether oxygens (including phenoxy) is 2. The van der Waals surface area contributed by atoms with Crippen LogP contribution in [0.25, 0.3) is 0 Å². The van der Waals surface area contributed by atoms with Crippen LogP contribution in [0.4, 0.5) is 5.69 Å². The Balaban J connectivity index is 1.74. The number of amides is 2. The number of hydrogen-bond donors (Lipinski definition) is 2. The van der Waals surface area contributed by atoms with Gasteiger partial charge in [0.1, 0.15) is 0 Å². The topological polar surface area (TPSA) is 128 Å². The number of nitrogens with one attached hydrogen (secondary N) is 1. The summed E-state index contributed by atoms with van der Waals surface area (Å²) in [5.41, 5.74) is 5.67. The molecule has 0 aliphatic carbocycles. The van der Waals surface area contributed by atoms with Gasteiger partial charge in [0.05, 0.1) is 17.0 Å². The highest BCUT2D eigenvalue weighted by atomic mass is 35.5. The van der Waals surface area contributed by atoms with E-state index in [0.717, 1.165) is 12.8 Å². The molecule has 0 aromatic heterocycles. The van der Waals surface area contributed by atoms with E-state index in [1.807, 2.05) is 6.92 Å². The van der Waals surface area contributed by atoms with Gasteiger partial charge in [-0.3, -0.25) is 9.59 Å². The third-order valence-electron chi connectivity index (χ3n) is 5.22. The number of halogens is 1. The minimum atomic E-state index is -3.58. The molecule has 9 nitrogen and oxygen atoms in total. The maximum Gasteiger partial charge on any atom is 0.255 e. The van der Waals surface area contributed by atoms with Gasteiger partial charge in [0.25, 0.3) is 11.8 Å². The van der Waals surface area contributed by atoms with E-state index in [0.29, 0.717) is 24.7 Å². The van der Waals surface area contributed by atoms with Crippen molar-refractivity contribution in [3.8, 4) is 11.5 Å². The maximum atomic E-state index is 12.9. The molecule has 2 amide bonds. The summed E-state index contributed by atoms with van der Waals surface area (Å²) in [5.74, 6) is -0.599. The van der Waals surface area contributed by atoms with Crippen molar-refractivity contribution in [1.29, 1.82) is 0 Å². The second-order valence-corrected chi connectivity index (χ2v) is 10.2. The Kier molecular flexibility index (Phi) is 7.83. The third-order valence-corrected chi connectivity index (χ3v) is 7.38. The van der Waals surface area contributed by atoms with Crippen LogP contribution in [0.3, 0.4) is 0 Å². The second-order valence-electron chi connectivity index (χ2n) is 7.83. The third kappa shape index (κ3) is 5.95. The first-order valence-electron chi connectivity index (χ1n) is 10.3. The summed E-state index contributed by atoms with van der Waals surface area (Å²) < 4.78 is 37.7. The van der Waals surface area contributed by atoms with Gasteiger partial charge in [0.15, 0.2) is 18.1 Å². The normalized spacial score (nSPS) is 16.8. The SMILES string of the molecule is COc1cc(C(=O)Nc2ccc(S(=O)(=O)N3CCC[C@@H](C)C3)cc2)cc(Cl)c1OCC(N)=O. The van der Waals surface area contributed by atoms with Gasteiger partial charge >= 0.3 is 0 Å². The lowest BCUT2D eigenvalue weighted by Gasteiger charge is -2.30. The molecule has 1 atom stereocenters. The molecule has 0 unspecified atom stereocenters. The Labute approximate surface area is 197 Å². The number of carbonyl (C=O) groups excluding carboxylic acids is 2. The number of nitrogens with zero attached hydrogens (tertiary/aromatic N) is 1. The lowest BCUT2D eigenvalue weighted by molar-refractivity contribution is -0.119. The summed E-state index contributed by atoms with van der Waals surface area (Å²) >= 11 is 6.19. The Morgan fingerprint density at radius 2 is 1.94 bits per heavy atom. The van der Waals surface area contributed by atoms with Crippen LogP contribution in [-0.4, -0.2) is 51.3 Å². The molecule has 3 N–H and O–H groups in total. The standard InChI is InChI=1S/C22H26ClN3O6S/c1-14-4-3-9-26(12-14)33(29,30)17-7-5-16(6-8-17)25-22(28)15-10-18(23)21(19(11-15)31-2)32-13-20(24)27/h5-8,10-11,14H,3-4,9,12-13H2,1-2H3,(H2,24,27)(H,25,28)/t14-/m1/s1. The fraction of sp³-hybridized carbons (Fsp3) is 0.364. The largest absolute Gasteiger partial charge is 0.493 e. The van der Waals surface area contributed by atoms with Gasteiger partial charge in [-0.25, -0.2) is 8.42 Å². The molecule has 0 saturated carbocycles. The summed E-state index contributed by atoms with van der Waals surface area (Å²) in [7, 11) is -2.22. The van der Waals surface area contributed by atoms with Gasteiger partial charge in [0, 0.05) is 24.3 Å².